The summed E-state index contributed by atoms with van der Waals surface area (Å²) in [4.78, 5) is 8.95. The molecular formula is C13H21IN4. The topological polar surface area (TPSA) is 30.9 Å². The minimum atomic E-state index is 0. The van der Waals surface area contributed by atoms with Crippen molar-refractivity contribution in [2.45, 2.75) is 0 Å². The van der Waals surface area contributed by atoms with Gasteiger partial charge in [0.25, 0.3) is 0 Å². The maximum Gasteiger partial charge on any atom is 0.193 e. The van der Waals surface area contributed by atoms with Crippen molar-refractivity contribution in [3.8, 4) is 0 Å². The number of piperazine rings is 1. The van der Waals surface area contributed by atoms with E-state index in [1.807, 2.05) is 14.1 Å². The number of guanidine groups is 1. The molecule has 0 atom stereocenters. The van der Waals surface area contributed by atoms with Crippen molar-refractivity contribution in [3.05, 3.63) is 30.3 Å². The SMILES string of the molecule is CN=C(NC)N1CCN(c2ccccc2)CC1.I. The minimum Gasteiger partial charge on any atom is -0.368 e. The molecule has 1 aliphatic heterocycles. The lowest BCUT2D eigenvalue weighted by Crippen LogP contribution is -2.51. The van der Waals surface area contributed by atoms with Crippen LogP contribution < -0.4 is 10.2 Å². The lowest BCUT2D eigenvalue weighted by Gasteiger charge is -2.37. The van der Waals surface area contributed by atoms with Crippen LogP contribution in [-0.2, 0) is 0 Å². The van der Waals surface area contributed by atoms with Gasteiger partial charge >= 0.3 is 0 Å². The summed E-state index contributed by atoms with van der Waals surface area (Å²) in [6.45, 7) is 4.13. The molecule has 5 heteroatoms. The maximum absolute atomic E-state index is 4.24. The van der Waals surface area contributed by atoms with E-state index in [9.17, 15) is 0 Å². The van der Waals surface area contributed by atoms with Crippen LogP contribution in [0.15, 0.2) is 35.3 Å². The van der Waals surface area contributed by atoms with E-state index >= 15 is 0 Å². The van der Waals surface area contributed by atoms with Crippen LogP contribution in [0.4, 0.5) is 5.69 Å². The largest absolute Gasteiger partial charge is 0.368 e. The predicted octanol–water partition coefficient (Wildman–Crippen LogP) is 1.63. The van der Waals surface area contributed by atoms with E-state index in [0.717, 1.165) is 32.1 Å². The molecule has 1 heterocycles. The summed E-state index contributed by atoms with van der Waals surface area (Å²) in [5.74, 6) is 0.984. The third-order valence-corrected chi connectivity index (χ3v) is 3.14. The Hall–Kier alpha value is -0.980. The van der Waals surface area contributed by atoms with E-state index < -0.39 is 0 Å². The molecule has 1 fully saturated rings. The Balaban J connectivity index is 0.00000162. The molecule has 0 saturated carbocycles. The first-order chi connectivity index (χ1) is 8.35. The van der Waals surface area contributed by atoms with E-state index in [-0.39, 0.29) is 24.0 Å². The Morgan fingerprint density at radius 3 is 2.22 bits per heavy atom. The Labute approximate surface area is 126 Å². The first-order valence-corrected chi connectivity index (χ1v) is 6.04. The van der Waals surface area contributed by atoms with Crippen molar-refractivity contribution < 1.29 is 0 Å². The van der Waals surface area contributed by atoms with Gasteiger partial charge in [0, 0.05) is 46.0 Å². The zero-order chi connectivity index (χ0) is 12.1. The minimum absolute atomic E-state index is 0. The number of halogens is 1. The number of hydrogen-bond donors (Lipinski definition) is 1. The van der Waals surface area contributed by atoms with Gasteiger partial charge in [-0.2, -0.15) is 0 Å². The summed E-state index contributed by atoms with van der Waals surface area (Å²) in [7, 11) is 3.75. The molecule has 0 radical (unpaired) electrons. The molecule has 100 valence electrons. The van der Waals surface area contributed by atoms with Gasteiger partial charge in [-0.3, -0.25) is 4.99 Å². The highest BCUT2D eigenvalue weighted by Gasteiger charge is 2.18. The van der Waals surface area contributed by atoms with Crippen molar-refractivity contribution >= 4 is 35.6 Å². The van der Waals surface area contributed by atoms with E-state index in [2.05, 4.69) is 50.4 Å². The molecule has 1 saturated heterocycles. The predicted molar refractivity (Wildman–Crippen MR) is 88.1 cm³/mol. The monoisotopic (exact) mass is 360 g/mol. The summed E-state index contributed by atoms with van der Waals surface area (Å²) in [5.41, 5.74) is 1.31. The highest BCUT2D eigenvalue weighted by atomic mass is 127. The van der Waals surface area contributed by atoms with Crippen molar-refractivity contribution in [2.75, 3.05) is 45.2 Å². The number of aliphatic imine (C=N–C) groups is 1. The summed E-state index contributed by atoms with van der Waals surface area (Å²) >= 11 is 0. The molecule has 0 aliphatic carbocycles. The molecule has 1 aliphatic rings. The molecule has 0 amide bonds. The van der Waals surface area contributed by atoms with Crippen LogP contribution in [0.2, 0.25) is 0 Å². The number of rotatable bonds is 1. The standard InChI is InChI=1S/C13H20N4.HI/c1-14-13(15-2)17-10-8-16(9-11-17)12-6-4-3-5-7-12;/h3-7H,8-11H2,1-2H3,(H,14,15);1H. The highest BCUT2D eigenvalue weighted by Crippen LogP contribution is 2.15. The lowest BCUT2D eigenvalue weighted by atomic mass is 10.2. The van der Waals surface area contributed by atoms with E-state index in [4.69, 9.17) is 0 Å². The van der Waals surface area contributed by atoms with Crippen LogP contribution in [0.25, 0.3) is 0 Å². The molecule has 18 heavy (non-hydrogen) atoms. The zero-order valence-electron chi connectivity index (χ0n) is 11.0. The first kappa shape index (κ1) is 15.1. The molecule has 4 nitrogen and oxygen atoms in total. The number of hydrogen-bond acceptors (Lipinski definition) is 2. The fourth-order valence-electron chi connectivity index (χ4n) is 2.23. The summed E-state index contributed by atoms with van der Waals surface area (Å²) < 4.78 is 0. The van der Waals surface area contributed by atoms with Crippen LogP contribution in [-0.4, -0.2) is 51.1 Å². The second-order valence-electron chi connectivity index (χ2n) is 4.11. The van der Waals surface area contributed by atoms with Crippen molar-refractivity contribution in [2.24, 2.45) is 4.99 Å². The quantitative estimate of drug-likeness (QED) is 0.469. The lowest BCUT2D eigenvalue weighted by molar-refractivity contribution is 0.375. The fourth-order valence-corrected chi connectivity index (χ4v) is 2.23. The summed E-state index contributed by atoms with van der Waals surface area (Å²) in [5, 5.41) is 3.13. The molecule has 1 N–H and O–H groups in total. The Morgan fingerprint density at radius 1 is 1.11 bits per heavy atom. The van der Waals surface area contributed by atoms with Gasteiger partial charge in [-0.15, -0.1) is 24.0 Å². The summed E-state index contributed by atoms with van der Waals surface area (Å²) in [6.07, 6.45) is 0. The van der Waals surface area contributed by atoms with Gasteiger partial charge in [0.1, 0.15) is 0 Å². The van der Waals surface area contributed by atoms with Crippen molar-refractivity contribution in [1.29, 1.82) is 0 Å². The smallest absolute Gasteiger partial charge is 0.193 e. The number of nitrogens with zero attached hydrogens (tertiary/aromatic N) is 3. The van der Waals surface area contributed by atoms with Crippen LogP contribution >= 0.6 is 24.0 Å². The Kier molecular flexibility index (Phi) is 6.24. The zero-order valence-corrected chi connectivity index (χ0v) is 13.3. The van der Waals surface area contributed by atoms with Crippen LogP contribution in [0.5, 0.6) is 0 Å². The van der Waals surface area contributed by atoms with E-state index in [1.54, 1.807) is 0 Å². The van der Waals surface area contributed by atoms with Gasteiger partial charge in [-0.25, -0.2) is 0 Å². The summed E-state index contributed by atoms with van der Waals surface area (Å²) in [6, 6.07) is 10.6. The average molecular weight is 360 g/mol. The molecule has 1 aromatic rings. The van der Waals surface area contributed by atoms with Crippen LogP contribution in [0.1, 0.15) is 0 Å². The van der Waals surface area contributed by atoms with Gasteiger partial charge in [0.2, 0.25) is 0 Å². The van der Waals surface area contributed by atoms with Gasteiger partial charge < -0.3 is 15.1 Å². The fraction of sp³-hybridized carbons (Fsp3) is 0.462. The third-order valence-electron chi connectivity index (χ3n) is 3.14. The Bertz CT molecular complexity index is 372. The molecule has 0 bridgehead atoms. The van der Waals surface area contributed by atoms with Crippen molar-refractivity contribution in [3.63, 3.8) is 0 Å². The van der Waals surface area contributed by atoms with E-state index in [0.29, 0.717) is 0 Å². The molecule has 1 aromatic carbocycles. The van der Waals surface area contributed by atoms with Gasteiger partial charge in [-0.05, 0) is 12.1 Å². The van der Waals surface area contributed by atoms with Crippen LogP contribution in [0, 0.1) is 0 Å². The van der Waals surface area contributed by atoms with Gasteiger partial charge in [-0.1, -0.05) is 18.2 Å². The maximum atomic E-state index is 4.24. The van der Waals surface area contributed by atoms with Gasteiger partial charge in [0.05, 0.1) is 0 Å². The Morgan fingerprint density at radius 2 is 1.72 bits per heavy atom. The highest BCUT2D eigenvalue weighted by molar-refractivity contribution is 14.0. The normalized spacial score (nSPS) is 16.2. The average Bonchev–Trinajstić information content (AvgIpc) is 2.42. The molecule has 0 unspecified atom stereocenters. The second-order valence-corrected chi connectivity index (χ2v) is 4.11. The number of benzene rings is 1. The van der Waals surface area contributed by atoms with Crippen molar-refractivity contribution in [1.82, 2.24) is 10.2 Å². The molecular weight excluding hydrogens is 339 g/mol. The van der Waals surface area contributed by atoms with E-state index in [1.165, 1.54) is 5.69 Å². The third kappa shape index (κ3) is 3.51. The van der Waals surface area contributed by atoms with Crippen LogP contribution in [0.3, 0.4) is 0 Å². The number of para-hydroxylation sites is 1. The second kappa shape index (κ2) is 7.45. The molecule has 0 spiro atoms. The molecule has 0 aromatic heterocycles. The number of nitrogens with one attached hydrogen (secondary N) is 1. The van der Waals surface area contributed by atoms with Gasteiger partial charge in [0.15, 0.2) is 5.96 Å². The number of anilines is 1. The molecule has 2 rings (SSSR count). The first-order valence-electron chi connectivity index (χ1n) is 6.04.